The molecular formula is C15H22ClNO2. The van der Waals surface area contributed by atoms with Crippen LogP contribution in [-0.4, -0.2) is 29.4 Å². The van der Waals surface area contributed by atoms with E-state index >= 15 is 0 Å². The molecule has 0 atom stereocenters. The maximum Gasteiger partial charge on any atom is 0.179 e. The lowest BCUT2D eigenvalue weighted by Gasteiger charge is -2.10. The second-order valence-corrected chi connectivity index (χ2v) is 5.63. The van der Waals surface area contributed by atoms with Crippen molar-refractivity contribution in [3.63, 3.8) is 0 Å². The lowest BCUT2D eigenvalue weighted by atomic mass is 10.2. The van der Waals surface area contributed by atoms with E-state index in [-0.39, 0.29) is 11.7 Å². The molecule has 0 aliphatic heterocycles. The smallest absolute Gasteiger partial charge is 0.179 e. The normalized spacial score (nSPS) is 14.9. The van der Waals surface area contributed by atoms with Gasteiger partial charge in [0.2, 0.25) is 0 Å². The van der Waals surface area contributed by atoms with E-state index in [1.165, 1.54) is 12.8 Å². The predicted octanol–water partition coefficient (Wildman–Crippen LogP) is 3.34. The highest BCUT2D eigenvalue weighted by molar-refractivity contribution is 6.30. The van der Waals surface area contributed by atoms with E-state index in [9.17, 15) is 4.79 Å². The van der Waals surface area contributed by atoms with Gasteiger partial charge in [0, 0.05) is 36.7 Å². The first-order valence-corrected chi connectivity index (χ1v) is 7.50. The molecule has 1 heterocycles. The predicted molar refractivity (Wildman–Crippen MR) is 77.1 cm³/mol. The minimum Gasteiger partial charge on any atom is -0.381 e. The van der Waals surface area contributed by atoms with Crippen molar-refractivity contribution in [3.05, 3.63) is 23.0 Å². The molecule has 0 aromatic carbocycles. The molecule has 0 N–H and O–H groups in total. The summed E-state index contributed by atoms with van der Waals surface area (Å²) in [4.78, 5) is 11.7. The van der Waals surface area contributed by atoms with Crippen molar-refractivity contribution in [1.29, 1.82) is 0 Å². The maximum absolute atomic E-state index is 11.7. The standard InChI is InChI=1S/C15H22ClNO2/c1-11-8-14(15(18)9-16)12(2)17(11)6-3-7-19-10-13-4-5-13/h8,13H,3-7,9-10H2,1-2H3. The van der Waals surface area contributed by atoms with Gasteiger partial charge in [-0.2, -0.15) is 0 Å². The summed E-state index contributed by atoms with van der Waals surface area (Å²) in [5, 5.41) is 0. The Bertz CT molecular complexity index is 449. The summed E-state index contributed by atoms with van der Waals surface area (Å²) in [5.74, 6) is 0.878. The summed E-state index contributed by atoms with van der Waals surface area (Å²) in [6, 6.07) is 1.94. The van der Waals surface area contributed by atoms with Crippen LogP contribution in [0.4, 0.5) is 0 Å². The van der Waals surface area contributed by atoms with Crippen molar-refractivity contribution in [1.82, 2.24) is 4.57 Å². The van der Waals surface area contributed by atoms with E-state index in [1.807, 2.05) is 19.9 Å². The molecule has 1 aromatic heterocycles. The van der Waals surface area contributed by atoms with Gasteiger partial charge < -0.3 is 9.30 Å². The molecule has 1 aliphatic rings. The minimum absolute atomic E-state index is 0.00556. The first-order chi connectivity index (χ1) is 9.13. The van der Waals surface area contributed by atoms with Crippen LogP contribution in [0.5, 0.6) is 0 Å². The number of carbonyl (C=O) groups is 1. The average Bonchev–Trinajstić information content (AvgIpc) is 3.17. The van der Waals surface area contributed by atoms with E-state index in [4.69, 9.17) is 16.3 Å². The van der Waals surface area contributed by atoms with Crippen LogP contribution in [0.1, 0.15) is 41.0 Å². The van der Waals surface area contributed by atoms with Crippen molar-refractivity contribution >= 4 is 17.4 Å². The van der Waals surface area contributed by atoms with Crippen LogP contribution in [0.3, 0.4) is 0 Å². The third kappa shape index (κ3) is 3.83. The number of aromatic nitrogens is 1. The molecule has 19 heavy (non-hydrogen) atoms. The van der Waals surface area contributed by atoms with Crippen molar-refractivity contribution in [2.45, 2.75) is 39.7 Å². The number of ketones is 1. The Balaban J connectivity index is 1.84. The van der Waals surface area contributed by atoms with Gasteiger partial charge in [-0.3, -0.25) is 4.79 Å². The lowest BCUT2D eigenvalue weighted by molar-refractivity contribution is 0.102. The SMILES string of the molecule is Cc1cc(C(=O)CCl)c(C)n1CCCOCC1CC1. The summed E-state index contributed by atoms with van der Waals surface area (Å²) < 4.78 is 7.81. The van der Waals surface area contributed by atoms with Gasteiger partial charge in [-0.1, -0.05) is 0 Å². The molecule has 2 rings (SSSR count). The van der Waals surface area contributed by atoms with Gasteiger partial charge >= 0.3 is 0 Å². The second kappa shape index (κ2) is 6.58. The van der Waals surface area contributed by atoms with E-state index in [1.54, 1.807) is 0 Å². The van der Waals surface area contributed by atoms with E-state index < -0.39 is 0 Å². The van der Waals surface area contributed by atoms with Gasteiger partial charge in [0.05, 0.1) is 5.88 Å². The fraction of sp³-hybridized carbons (Fsp3) is 0.667. The van der Waals surface area contributed by atoms with Crippen molar-refractivity contribution in [3.8, 4) is 0 Å². The van der Waals surface area contributed by atoms with E-state index in [0.29, 0.717) is 0 Å². The number of hydrogen-bond acceptors (Lipinski definition) is 2. The number of carbonyl (C=O) groups excluding carboxylic acids is 1. The monoisotopic (exact) mass is 283 g/mol. The van der Waals surface area contributed by atoms with Crippen molar-refractivity contribution < 1.29 is 9.53 Å². The average molecular weight is 284 g/mol. The summed E-state index contributed by atoms with van der Waals surface area (Å²) in [5.41, 5.74) is 2.89. The van der Waals surface area contributed by atoms with Gasteiger partial charge in [0.25, 0.3) is 0 Å². The fourth-order valence-corrected chi connectivity index (χ4v) is 2.50. The maximum atomic E-state index is 11.7. The molecule has 0 spiro atoms. The van der Waals surface area contributed by atoms with Crippen molar-refractivity contribution in [2.75, 3.05) is 19.1 Å². The number of halogens is 1. The molecule has 1 aliphatic carbocycles. The topological polar surface area (TPSA) is 31.2 Å². The number of alkyl halides is 1. The summed E-state index contributed by atoms with van der Waals surface area (Å²) in [6.45, 7) is 6.63. The molecule has 4 heteroatoms. The number of hydrogen-bond donors (Lipinski definition) is 0. The Morgan fingerprint density at radius 2 is 2.21 bits per heavy atom. The zero-order valence-electron chi connectivity index (χ0n) is 11.7. The van der Waals surface area contributed by atoms with Gasteiger partial charge in [0.15, 0.2) is 5.78 Å². The molecule has 1 aromatic rings. The van der Waals surface area contributed by atoms with Crippen LogP contribution >= 0.6 is 11.6 Å². The Labute approximate surface area is 119 Å². The number of nitrogens with zero attached hydrogens (tertiary/aromatic N) is 1. The first kappa shape index (κ1) is 14.6. The Morgan fingerprint density at radius 1 is 1.47 bits per heavy atom. The number of Topliss-reactive ketones (excluding diaryl/α,β-unsaturated/α-hetero) is 1. The molecular weight excluding hydrogens is 262 g/mol. The fourth-order valence-electron chi connectivity index (χ4n) is 2.36. The van der Waals surface area contributed by atoms with E-state index in [2.05, 4.69) is 4.57 Å². The number of rotatable bonds is 8. The highest BCUT2D eigenvalue weighted by atomic mass is 35.5. The van der Waals surface area contributed by atoms with E-state index in [0.717, 1.165) is 49.0 Å². The van der Waals surface area contributed by atoms with Gasteiger partial charge in [-0.25, -0.2) is 0 Å². The first-order valence-electron chi connectivity index (χ1n) is 6.97. The molecule has 0 saturated heterocycles. The molecule has 3 nitrogen and oxygen atoms in total. The third-order valence-electron chi connectivity index (χ3n) is 3.72. The summed E-state index contributed by atoms with van der Waals surface area (Å²) in [6.07, 6.45) is 3.65. The second-order valence-electron chi connectivity index (χ2n) is 5.37. The van der Waals surface area contributed by atoms with Crippen molar-refractivity contribution in [2.24, 2.45) is 5.92 Å². The quantitative estimate of drug-likeness (QED) is 0.416. The summed E-state index contributed by atoms with van der Waals surface area (Å²) >= 11 is 5.62. The number of ether oxygens (including phenoxy) is 1. The molecule has 0 unspecified atom stereocenters. The zero-order valence-corrected chi connectivity index (χ0v) is 12.5. The van der Waals surface area contributed by atoms with Crippen LogP contribution < -0.4 is 0 Å². The Kier molecular flexibility index (Phi) is 5.06. The zero-order chi connectivity index (χ0) is 13.8. The van der Waals surface area contributed by atoms with Crippen LogP contribution in [0, 0.1) is 19.8 Å². The lowest BCUT2D eigenvalue weighted by Crippen LogP contribution is -2.08. The van der Waals surface area contributed by atoms with Crippen LogP contribution in [0.15, 0.2) is 6.07 Å². The Hall–Kier alpha value is -0.800. The van der Waals surface area contributed by atoms with Crippen LogP contribution in [-0.2, 0) is 11.3 Å². The number of aryl methyl sites for hydroxylation is 1. The molecule has 0 radical (unpaired) electrons. The summed E-state index contributed by atoms with van der Waals surface area (Å²) in [7, 11) is 0. The van der Waals surface area contributed by atoms with Gasteiger partial charge in [-0.05, 0) is 45.1 Å². The third-order valence-corrected chi connectivity index (χ3v) is 3.96. The highest BCUT2D eigenvalue weighted by Crippen LogP contribution is 2.28. The molecule has 1 saturated carbocycles. The van der Waals surface area contributed by atoms with Gasteiger partial charge in [-0.15, -0.1) is 11.6 Å². The molecule has 0 bridgehead atoms. The molecule has 106 valence electrons. The minimum atomic E-state index is 0.00556. The van der Waals surface area contributed by atoms with Crippen LogP contribution in [0.25, 0.3) is 0 Å². The highest BCUT2D eigenvalue weighted by Gasteiger charge is 2.21. The molecule has 1 fully saturated rings. The van der Waals surface area contributed by atoms with Gasteiger partial charge in [0.1, 0.15) is 0 Å². The largest absolute Gasteiger partial charge is 0.381 e. The molecule has 0 amide bonds. The Morgan fingerprint density at radius 3 is 2.84 bits per heavy atom. The van der Waals surface area contributed by atoms with Crippen LogP contribution in [0.2, 0.25) is 0 Å².